The van der Waals surface area contributed by atoms with Gasteiger partial charge < -0.3 is 30.2 Å². The van der Waals surface area contributed by atoms with Crippen molar-refractivity contribution in [2.75, 3.05) is 32.0 Å². The van der Waals surface area contributed by atoms with Gasteiger partial charge in [0.25, 0.3) is 5.91 Å². The highest BCUT2D eigenvalue weighted by Gasteiger charge is 2.18. The fourth-order valence-corrected chi connectivity index (χ4v) is 3.85. The molecular formula is C22H25N3O4S2. The molecule has 7 nitrogen and oxygen atoms in total. The Balaban J connectivity index is 1.63. The summed E-state index contributed by atoms with van der Waals surface area (Å²) in [6.07, 6.45) is 0. The molecule has 0 bridgehead atoms. The fraction of sp³-hybridized carbons (Fsp3) is 0.227. The lowest BCUT2D eigenvalue weighted by atomic mass is 10.1. The smallest absolute Gasteiger partial charge is 0.253 e. The van der Waals surface area contributed by atoms with Crippen LogP contribution in [-0.2, 0) is 6.54 Å². The van der Waals surface area contributed by atoms with Gasteiger partial charge in [0.2, 0.25) is 5.75 Å². The van der Waals surface area contributed by atoms with Crippen LogP contribution < -0.4 is 30.2 Å². The highest BCUT2D eigenvalue weighted by Crippen LogP contribution is 2.38. The van der Waals surface area contributed by atoms with Crippen molar-refractivity contribution in [1.82, 2.24) is 5.32 Å². The second kappa shape index (κ2) is 10.8. The van der Waals surface area contributed by atoms with Gasteiger partial charge in [-0.3, -0.25) is 4.79 Å². The van der Waals surface area contributed by atoms with Crippen molar-refractivity contribution in [2.45, 2.75) is 12.0 Å². The Morgan fingerprint density at radius 2 is 1.71 bits per heavy atom. The Kier molecular flexibility index (Phi) is 7.91. The second-order valence-corrected chi connectivity index (χ2v) is 8.00. The van der Waals surface area contributed by atoms with Crippen molar-refractivity contribution in [3.8, 4) is 17.2 Å². The van der Waals surface area contributed by atoms with Crippen LogP contribution in [0.15, 0.2) is 53.9 Å². The fourth-order valence-electron chi connectivity index (χ4n) is 2.93. The molecule has 1 amide bonds. The van der Waals surface area contributed by atoms with Crippen molar-refractivity contribution in [3.05, 3.63) is 64.4 Å². The van der Waals surface area contributed by atoms with Crippen LogP contribution in [0.25, 0.3) is 0 Å². The monoisotopic (exact) mass is 459 g/mol. The number of thiophene rings is 1. The molecular weight excluding hydrogens is 434 g/mol. The quantitative estimate of drug-likeness (QED) is 0.265. The third-order valence-electron chi connectivity index (χ3n) is 4.41. The number of nitrogens with one attached hydrogen (secondary N) is 3. The van der Waals surface area contributed by atoms with Crippen LogP contribution >= 0.6 is 24.0 Å². The van der Waals surface area contributed by atoms with Crippen molar-refractivity contribution in [1.29, 1.82) is 0 Å². The minimum atomic E-state index is -0.612. The van der Waals surface area contributed by atoms with Crippen LogP contribution in [0.1, 0.15) is 15.2 Å². The first kappa shape index (κ1) is 22.6. The normalized spacial score (nSPS) is 11.4. The molecule has 1 atom stereocenters. The van der Waals surface area contributed by atoms with E-state index in [1.165, 1.54) is 26.2 Å². The van der Waals surface area contributed by atoms with E-state index in [1.807, 2.05) is 30.3 Å². The molecule has 0 radical (unpaired) electrons. The number of thiol groups is 1. The summed E-state index contributed by atoms with van der Waals surface area (Å²) in [7, 11) is 4.51. The minimum Gasteiger partial charge on any atom is -0.493 e. The van der Waals surface area contributed by atoms with E-state index in [0.717, 1.165) is 17.9 Å². The molecule has 1 heterocycles. The van der Waals surface area contributed by atoms with Gasteiger partial charge in [-0.05, 0) is 41.8 Å². The van der Waals surface area contributed by atoms with Gasteiger partial charge in [0.15, 0.2) is 11.5 Å². The number of benzene rings is 2. The first-order valence-corrected chi connectivity index (χ1v) is 10.9. The maximum Gasteiger partial charge on any atom is 0.253 e. The third kappa shape index (κ3) is 5.99. The molecule has 0 saturated carbocycles. The van der Waals surface area contributed by atoms with Gasteiger partial charge in [0.05, 0.1) is 21.3 Å². The number of carbonyl (C=O) groups is 1. The summed E-state index contributed by atoms with van der Waals surface area (Å²) in [6.45, 7) is 0.753. The summed E-state index contributed by atoms with van der Waals surface area (Å²) < 4.78 is 15.9. The Hall–Kier alpha value is -3.04. The van der Waals surface area contributed by atoms with Crippen LogP contribution in [0.4, 0.5) is 11.4 Å². The molecule has 0 aliphatic rings. The second-order valence-electron chi connectivity index (χ2n) is 6.45. The number of methoxy groups -OCH3 is 3. The van der Waals surface area contributed by atoms with E-state index in [9.17, 15) is 4.79 Å². The van der Waals surface area contributed by atoms with E-state index in [1.54, 1.807) is 23.5 Å². The van der Waals surface area contributed by atoms with Gasteiger partial charge >= 0.3 is 0 Å². The van der Waals surface area contributed by atoms with E-state index in [0.29, 0.717) is 22.8 Å². The van der Waals surface area contributed by atoms with Crippen molar-refractivity contribution in [3.63, 3.8) is 0 Å². The zero-order chi connectivity index (χ0) is 22.2. The lowest BCUT2D eigenvalue weighted by Crippen LogP contribution is -2.36. The average molecular weight is 460 g/mol. The number of hydrogen-bond acceptors (Lipinski definition) is 8. The summed E-state index contributed by atoms with van der Waals surface area (Å²) in [6, 6.07) is 15.1. The Labute approximate surface area is 191 Å². The lowest BCUT2D eigenvalue weighted by molar-refractivity contribution is 0.0952. The lowest BCUT2D eigenvalue weighted by Gasteiger charge is -2.18. The minimum absolute atomic E-state index is 0.335. The molecule has 0 spiro atoms. The standard InChI is InChI=1S/C22H25N3O4S2/c1-27-18-10-14(11-19(28-2)20(18)29-3)21(26)25-22(30)24-16-7-4-6-15(12-16)23-13-17-8-5-9-31-17/h4-12,22-24,30H,13H2,1-3H3,(H,25,26). The summed E-state index contributed by atoms with van der Waals surface area (Å²) in [5, 5.41) is 11.4. The molecule has 3 rings (SSSR count). The summed E-state index contributed by atoms with van der Waals surface area (Å²) in [4.78, 5) is 14.0. The molecule has 9 heteroatoms. The summed E-state index contributed by atoms with van der Waals surface area (Å²) >= 11 is 6.16. The molecule has 164 valence electrons. The topological polar surface area (TPSA) is 80.9 Å². The maximum atomic E-state index is 12.7. The molecule has 3 aromatic rings. The number of hydrogen-bond donors (Lipinski definition) is 4. The Morgan fingerprint density at radius 3 is 2.32 bits per heavy atom. The highest BCUT2D eigenvalue weighted by molar-refractivity contribution is 7.81. The molecule has 31 heavy (non-hydrogen) atoms. The zero-order valence-corrected chi connectivity index (χ0v) is 19.2. The van der Waals surface area contributed by atoms with Crippen LogP contribution in [0.3, 0.4) is 0 Å². The molecule has 0 fully saturated rings. The highest BCUT2D eigenvalue weighted by atomic mass is 32.1. The summed E-state index contributed by atoms with van der Waals surface area (Å²) in [5.74, 6) is 0.896. The van der Waals surface area contributed by atoms with Gasteiger partial charge in [-0.2, -0.15) is 0 Å². The molecule has 1 aromatic heterocycles. The van der Waals surface area contributed by atoms with Gasteiger partial charge in [0, 0.05) is 28.4 Å². The maximum absolute atomic E-state index is 12.7. The van der Waals surface area contributed by atoms with E-state index >= 15 is 0 Å². The molecule has 0 saturated heterocycles. The number of rotatable bonds is 10. The largest absolute Gasteiger partial charge is 0.493 e. The Bertz CT molecular complexity index is 987. The van der Waals surface area contributed by atoms with Crippen molar-refractivity contribution >= 4 is 41.2 Å². The first-order valence-electron chi connectivity index (χ1n) is 9.46. The molecule has 3 N–H and O–H groups in total. The van der Waals surface area contributed by atoms with E-state index in [4.69, 9.17) is 14.2 Å². The van der Waals surface area contributed by atoms with E-state index < -0.39 is 5.50 Å². The number of ether oxygens (including phenoxy) is 3. The zero-order valence-electron chi connectivity index (χ0n) is 17.5. The molecule has 1 unspecified atom stereocenters. The van der Waals surface area contributed by atoms with Crippen LogP contribution in [0, 0.1) is 0 Å². The van der Waals surface area contributed by atoms with Crippen LogP contribution in [0.2, 0.25) is 0 Å². The van der Waals surface area contributed by atoms with Gasteiger partial charge in [-0.1, -0.05) is 12.1 Å². The average Bonchev–Trinajstić information content (AvgIpc) is 3.30. The number of anilines is 2. The SMILES string of the molecule is COc1cc(C(=O)NC(S)Nc2cccc(NCc3cccs3)c2)cc(OC)c1OC. The number of carbonyl (C=O) groups excluding carboxylic acids is 1. The number of amides is 1. The van der Waals surface area contributed by atoms with Crippen LogP contribution in [-0.4, -0.2) is 32.7 Å². The van der Waals surface area contributed by atoms with Crippen molar-refractivity contribution < 1.29 is 19.0 Å². The van der Waals surface area contributed by atoms with Crippen LogP contribution in [0.5, 0.6) is 17.2 Å². The Morgan fingerprint density at radius 1 is 1.00 bits per heavy atom. The molecule has 0 aliphatic heterocycles. The molecule has 0 aliphatic carbocycles. The third-order valence-corrected chi connectivity index (χ3v) is 5.54. The van der Waals surface area contributed by atoms with Gasteiger partial charge in [-0.15, -0.1) is 24.0 Å². The predicted molar refractivity (Wildman–Crippen MR) is 128 cm³/mol. The summed E-state index contributed by atoms with van der Waals surface area (Å²) in [5.41, 5.74) is 1.54. The molecule has 2 aromatic carbocycles. The van der Waals surface area contributed by atoms with E-state index in [2.05, 4.69) is 40.0 Å². The van der Waals surface area contributed by atoms with Crippen molar-refractivity contribution in [2.24, 2.45) is 0 Å². The first-order chi connectivity index (χ1) is 15.0. The van der Waals surface area contributed by atoms with E-state index in [-0.39, 0.29) is 5.91 Å². The predicted octanol–water partition coefficient (Wildman–Crippen LogP) is 4.44. The van der Waals surface area contributed by atoms with Gasteiger partial charge in [0.1, 0.15) is 5.50 Å². The van der Waals surface area contributed by atoms with Gasteiger partial charge in [-0.25, -0.2) is 0 Å².